The normalized spacial score (nSPS) is 48.9. The van der Waals surface area contributed by atoms with E-state index in [0.717, 1.165) is 37.5 Å². The summed E-state index contributed by atoms with van der Waals surface area (Å²) in [6, 6.07) is 0. The number of rotatable bonds is 1. The average molecular weight is 344 g/mol. The SMILES string of the molecule is CC(=O)O[C@H]1C(C)C[C@H]2[C@H]3[C@H](CC[C@]12C)[C@H]1CCC(=O)C=C1C[C@H]3C. The fourth-order valence-electron chi connectivity index (χ4n) is 7.34. The molecule has 25 heavy (non-hydrogen) atoms. The number of ketones is 1. The highest BCUT2D eigenvalue weighted by Crippen LogP contribution is 2.64. The maximum absolute atomic E-state index is 11.9. The van der Waals surface area contributed by atoms with Crippen LogP contribution in [0.4, 0.5) is 0 Å². The van der Waals surface area contributed by atoms with E-state index in [4.69, 9.17) is 4.74 Å². The summed E-state index contributed by atoms with van der Waals surface area (Å²) >= 11 is 0. The molecule has 3 nitrogen and oxygen atoms in total. The van der Waals surface area contributed by atoms with Crippen LogP contribution in [0.2, 0.25) is 0 Å². The van der Waals surface area contributed by atoms with Crippen LogP contribution >= 0.6 is 0 Å². The van der Waals surface area contributed by atoms with Gasteiger partial charge in [-0.3, -0.25) is 9.59 Å². The van der Waals surface area contributed by atoms with Gasteiger partial charge in [0.1, 0.15) is 6.10 Å². The molecule has 4 aliphatic carbocycles. The van der Waals surface area contributed by atoms with Crippen LogP contribution in [0.25, 0.3) is 0 Å². The molecule has 0 bridgehead atoms. The number of hydrogen-bond donors (Lipinski definition) is 0. The largest absolute Gasteiger partial charge is 0.462 e. The monoisotopic (exact) mass is 344 g/mol. The Kier molecular flexibility index (Phi) is 4.12. The molecule has 3 heteroatoms. The number of carbonyl (C=O) groups is 2. The second kappa shape index (κ2) is 5.96. The molecular formula is C22H32O3. The Morgan fingerprint density at radius 2 is 2.00 bits per heavy atom. The van der Waals surface area contributed by atoms with Crippen molar-refractivity contribution in [2.24, 2.45) is 40.9 Å². The van der Waals surface area contributed by atoms with Crippen LogP contribution < -0.4 is 0 Å². The summed E-state index contributed by atoms with van der Waals surface area (Å²) in [5.41, 5.74) is 1.57. The zero-order chi connectivity index (χ0) is 17.9. The average Bonchev–Trinajstić information content (AvgIpc) is 2.78. The highest BCUT2D eigenvalue weighted by molar-refractivity contribution is 5.91. The van der Waals surface area contributed by atoms with Crippen molar-refractivity contribution in [3.8, 4) is 0 Å². The minimum Gasteiger partial charge on any atom is -0.462 e. The van der Waals surface area contributed by atoms with E-state index in [1.165, 1.54) is 18.4 Å². The summed E-state index contributed by atoms with van der Waals surface area (Å²) in [5.74, 6) is 4.02. The van der Waals surface area contributed by atoms with Crippen LogP contribution in [0.15, 0.2) is 11.6 Å². The second-order valence-electron chi connectivity index (χ2n) is 9.65. The summed E-state index contributed by atoms with van der Waals surface area (Å²) in [6.07, 6.45) is 8.52. The lowest BCUT2D eigenvalue weighted by Gasteiger charge is -2.55. The first-order chi connectivity index (χ1) is 11.8. The van der Waals surface area contributed by atoms with Gasteiger partial charge >= 0.3 is 5.97 Å². The van der Waals surface area contributed by atoms with Crippen LogP contribution in [0, 0.1) is 40.9 Å². The molecule has 1 unspecified atom stereocenters. The Morgan fingerprint density at radius 1 is 1.24 bits per heavy atom. The summed E-state index contributed by atoms with van der Waals surface area (Å²) in [4.78, 5) is 23.5. The first-order valence-corrected chi connectivity index (χ1v) is 10.2. The molecule has 8 atom stereocenters. The Morgan fingerprint density at radius 3 is 2.72 bits per heavy atom. The molecular weight excluding hydrogens is 312 g/mol. The van der Waals surface area contributed by atoms with Gasteiger partial charge in [-0.05, 0) is 73.7 Å². The molecule has 0 spiro atoms. The molecule has 3 fully saturated rings. The molecule has 0 aromatic heterocycles. The standard InChI is InChI=1S/C22H32O3/c1-12-9-15-11-16(24)5-6-17(15)18-7-8-22(4)19(20(12)18)10-13(2)21(22)25-14(3)23/h11-13,17-21H,5-10H2,1-4H3/t12-,13?,17+,18-,19+,20-,21+,22+/m1/s1. The molecule has 0 N–H and O–H groups in total. The smallest absolute Gasteiger partial charge is 0.302 e. The van der Waals surface area contributed by atoms with Gasteiger partial charge in [-0.25, -0.2) is 0 Å². The molecule has 0 aromatic carbocycles. The van der Waals surface area contributed by atoms with Crippen molar-refractivity contribution in [1.82, 2.24) is 0 Å². The molecule has 0 amide bonds. The Bertz CT molecular complexity index is 621. The van der Waals surface area contributed by atoms with Crippen LogP contribution in [-0.4, -0.2) is 17.9 Å². The van der Waals surface area contributed by atoms with Crippen LogP contribution in [0.5, 0.6) is 0 Å². The lowest BCUT2D eigenvalue weighted by atomic mass is 9.49. The Balaban J connectivity index is 1.65. The van der Waals surface area contributed by atoms with Crippen molar-refractivity contribution in [3.63, 3.8) is 0 Å². The van der Waals surface area contributed by atoms with Crippen molar-refractivity contribution in [1.29, 1.82) is 0 Å². The highest BCUT2D eigenvalue weighted by Gasteiger charge is 2.60. The second-order valence-corrected chi connectivity index (χ2v) is 9.65. The van der Waals surface area contributed by atoms with E-state index in [0.29, 0.717) is 29.5 Å². The third-order valence-electron chi connectivity index (χ3n) is 8.16. The van der Waals surface area contributed by atoms with Gasteiger partial charge in [-0.2, -0.15) is 0 Å². The van der Waals surface area contributed by atoms with E-state index in [9.17, 15) is 9.59 Å². The summed E-state index contributed by atoms with van der Waals surface area (Å²) in [6.45, 7) is 8.59. The van der Waals surface area contributed by atoms with Gasteiger partial charge in [-0.1, -0.05) is 26.3 Å². The number of fused-ring (bicyclic) bond motifs is 5. The van der Waals surface area contributed by atoms with E-state index >= 15 is 0 Å². The van der Waals surface area contributed by atoms with Crippen LogP contribution in [0.3, 0.4) is 0 Å². The lowest BCUT2D eigenvalue weighted by Crippen LogP contribution is -2.51. The topological polar surface area (TPSA) is 43.4 Å². The Hall–Kier alpha value is -1.12. The molecule has 0 radical (unpaired) electrons. The maximum Gasteiger partial charge on any atom is 0.302 e. The molecule has 0 saturated heterocycles. The molecule has 138 valence electrons. The van der Waals surface area contributed by atoms with Crippen LogP contribution in [-0.2, 0) is 14.3 Å². The first kappa shape index (κ1) is 17.3. The predicted octanol–water partition coefficient (Wildman–Crippen LogP) is 4.55. The predicted molar refractivity (Wildman–Crippen MR) is 96.7 cm³/mol. The van der Waals surface area contributed by atoms with Crippen molar-refractivity contribution in [2.45, 2.75) is 72.3 Å². The van der Waals surface area contributed by atoms with Crippen LogP contribution in [0.1, 0.15) is 66.2 Å². The van der Waals surface area contributed by atoms with E-state index < -0.39 is 0 Å². The number of hydrogen-bond acceptors (Lipinski definition) is 3. The number of allylic oxidation sites excluding steroid dienone is 1. The van der Waals surface area contributed by atoms with Gasteiger partial charge in [0.2, 0.25) is 0 Å². The van der Waals surface area contributed by atoms with E-state index in [2.05, 4.69) is 20.8 Å². The summed E-state index contributed by atoms with van der Waals surface area (Å²) in [5, 5.41) is 0. The fourth-order valence-corrected chi connectivity index (χ4v) is 7.34. The minimum absolute atomic E-state index is 0.0769. The molecule has 0 heterocycles. The van der Waals surface area contributed by atoms with Crippen molar-refractivity contribution in [3.05, 3.63) is 11.6 Å². The van der Waals surface area contributed by atoms with E-state index in [-0.39, 0.29) is 17.5 Å². The van der Waals surface area contributed by atoms with E-state index in [1.807, 2.05) is 6.08 Å². The minimum atomic E-state index is -0.131. The number of carbonyl (C=O) groups excluding carboxylic acids is 2. The van der Waals surface area contributed by atoms with Gasteiger partial charge in [-0.15, -0.1) is 0 Å². The van der Waals surface area contributed by atoms with Gasteiger partial charge in [0.15, 0.2) is 5.78 Å². The molecule has 0 aromatic rings. The fraction of sp³-hybridized carbons (Fsp3) is 0.818. The van der Waals surface area contributed by atoms with Gasteiger partial charge < -0.3 is 4.74 Å². The molecule has 0 aliphatic heterocycles. The number of ether oxygens (including phenoxy) is 1. The summed E-state index contributed by atoms with van der Waals surface area (Å²) in [7, 11) is 0. The van der Waals surface area contributed by atoms with Gasteiger partial charge in [0.25, 0.3) is 0 Å². The Labute approximate surface area is 151 Å². The maximum atomic E-state index is 11.9. The van der Waals surface area contributed by atoms with Crippen molar-refractivity contribution < 1.29 is 14.3 Å². The lowest BCUT2D eigenvalue weighted by molar-refractivity contribution is -0.159. The molecule has 4 aliphatic rings. The summed E-state index contributed by atoms with van der Waals surface area (Å²) < 4.78 is 5.84. The van der Waals surface area contributed by atoms with Crippen molar-refractivity contribution >= 4 is 11.8 Å². The van der Waals surface area contributed by atoms with Crippen molar-refractivity contribution in [2.75, 3.05) is 0 Å². The van der Waals surface area contributed by atoms with E-state index in [1.54, 1.807) is 6.92 Å². The molecule has 3 saturated carbocycles. The number of esters is 1. The van der Waals surface area contributed by atoms with Gasteiger partial charge in [0.05, 0.1) is 0 Å². The quantitative estimate of drug-likeness (QED) is 0.655. The third kappa shape index (κ3) is 2.61. The van der Waals surface area contributed by atoms with Gasteiger partial charge in [0, 0.05) is 18.8 Å². The first-order valence-electron chi connectivity index (χ1n) is 10.2. The third-order valence-corrected chi connectivity index (χ3v) is 8.16. The zero-order valence-electron chi connectivity index (χ0n) is 16.1. The molecule has 4 rings (SSSR count). The highest BCUT2D eigenvalue weighted by atomic mass is 16.5. The zero-order valence-corrected chi connectivity index (χ0v) is 16.1.